The van der Waals surface area contributed by atoms with Crippen molar-refractivity contribution in [2.24, 2.45) is 10.5 Å². The van der Waals surface area contributed by atoms with Gasteiger partial charge in [-0.3, -0.25) is 14.4 Å². The van der Waals surface area contributed by atoms with Gasteiger partial charge in [-0.25, -0.2) is 5.01 Å². The van der Waals surface area contributed by atoms with Gasteiger partial charge >= 0.3 is 0 Å². The number of hydrogen-bond acceptors (Lipinski definition) is 5. The molecule has 0 bridgehead atoms. The van der Waals surface area contributed by atoms with E-state index in [1.54, 1.807) is 17.0 Å². The molecule has 8 nitrogen and oxygen atoms in total. The van der Waals surface area contributed by atoms with Gasteiger partial charge in [0.25, 0.3) is 5.91 Å². The molecular weight excluding hydrogens is 597 g/mol. The highest BCUT2D eigenvalue weighted by Crippen LogP contribution is 2.39. The average Bonchev–Trinajstić information content (AvgIpc) is 3.32. The SMILES string of the molecule is CCN1N=C2CCN(C(=O)C(Cc3ccc(Cl)cc3)NC(=O)C3Cc4ccccc4CN3)CC2(Cc2ccc(Cl)cc2)C1=O. The van der Waals surface area contributed by atoms with Crippen LogP contribution in [0.2, 0.25) is 10.0 Å². The first kappa shape index (κ1) is 30.3. The van der Waals surface area contributed by atoms with E-state index in [9.17, 15) is 14.4 Å². The molecule has 0 saturated carbocycles. The predicted octanol–water partition coefficient (Wildman–Crippen LogP) is 4.41. The monoisotopic (exact) mass is 631 g/mol. The van der Waals surface area contributed by atoms with E-state index < -0.39 is 17.5 Å². The van der Waals surface area contributed by atoms with E-state index in [1.165, 1.54) is 10.6 Å². The number of rotatable bonds is 8. The van der Waals surface area contributed by atoms with E-state index in [1.807, 2.05) is 61.5 Å². The van der Waals surface area contributed by atoms with Crippen LogP contribution in [-0.4, -0.2) is 65.1 Å². The number of carbonyl (C=O) groups excluding carboxylic acids is 3. The van der Waals surface area contributed by atoms with Gasteiger partial charge in [0.05, 0.1) is 11.8 Å². The van der Waals surface area contributed by atoms with E-state index in [0.29, 0.717) is 55.4 Å². The third-order valence-electron chi connectivity index (χ3n) is 8.91. The van der Waals surface area contributed by atoms with Crippen molar-refractivity contribution in [3.05, 3.63) is 105 Å². The summed E-state index contributed by atoms with van der Waals surface area (Å²) in [6.07, 6.45) is 1.71. The Morgan fingerprint density at radius 3 is 2.34 bits per heavy atom. The van der Waals surface area contributed by atoms with Gasteiger partial charge in [0.15, 0.2) is 0 Å². The third kappa shape index (κ3) is 6.11. The van der Waals surface area contributed by atoms with Crippen LogP contribution in [0.4, 0.5) is 0 Å². The molecule has 3 atom stereocenters. The highest BCUT2D eigenvalue weighted by atomic mass is 35.5. The van der Waals surface area contributed by atoms with Crippen LogP contribution >= 0.6 is 23.2 Å². The highest BCUT2D eigenvalue weighted by Gasteiger charge is 2.54. The number of carbonyl (C=O) groups is 3. The first-order chi connectivity index (χ1) is 21.3. The van der Waals surface area contributed by atoms with Crippen molar-refractivity contribution in [2.45, 2.75) is 51.2 Å². The highest BCUT2D eigenvalue weighted by molar-refractivity contribution is 6.30. The molecule has 3 aromatic carbocycles. The summed E-state index contributed by atoms with van der Waals surface area (Å²) >= 11 is 12.3. The van der Waals surface area contributed by atoms with Crippen molar-refractivity contribution in [2.75, 3.05) is 19.6 Å². The van der Waals surface area contributed by atoms with Gasteiger partial charge in [-0.1, -0.05) is 71.7 Å². The predicted molar refractivity (Wildman–Crippen MR) is 171 cm³/mol. The van der Waals surface area contributed by atoms with Gasteiger partial charge in [0.2, 0.25) is 11.8 Å². The lowest BCUT2D eigenvalue weighted by Gasteiger charge is -2.41. The Labute approximate surface area is 267 Å². The molecule has 3 aromatic rings. The summed E-state index contributed by atoms with van der Waals surface area (Å²) in [7, 11) is 0. The Morgan fingerprint density at radius 2 is 1.66 bits per heavy atom. The van der Waals surface area contributed by atoms with Gasteiger partial charge in [-0.15, -0.1) is 0 Å². The number of piperidine rings is 1. The van der Waals surface area contributed by atoms with Gasteiger partial charge in [-0.05, 0) is 66.3 Å². The average molecular weight is 633 g/mol. The molecule has 2 N–H and O–H groups in total. The number of nitrogens with zero attached hydrogens (tertiary/aromatic N) is 3. The molecule has 1 saturated heterocycles. The van der Waals surface area contributed by atoms with Crippen LogP contribution in [0.1, 0.15) is 35.6 Å². The number of benzene rings is 3. The Hall–Kier alpha value is -3.72. The molecule has 3 unspecified atom stereocenters. The second kappa shape index (κ2) is 12.7. The van der Waals surface area contributed by atoms with Gasteiger partial charge < -0.3 is 15.5 Å². The number of halogens is 2. The number of nitrogens with one attached hydrogen (secondary N) is 2. The largest absolute Gasteiger partial charge is 0.343 e. The zero-order valence-corrected chi connectivity index (χ0v) is 26.1. The summed E-state index contributed by atoms with van der Waals surface area (Å²) < 4.78 is 0. The zero-order valence-electron chi connectivity index (χ0n) is 24.6. The molecule has 0 radical (unpaired) electrons. The molecule has 3 aliphatic heterocycles. The van der Waals surface area contributed by atoms with Crippen molar-refractivity contribution in [3.8, 4) is 0 Å². The van der Waals surface area contributed by atoms with E-state index in [4.69, 9.17) is 23.2 Å². The lowest BCUT2D eigenvalue weighted by Crippen LogP contribution is -2.60. The van der Waals surface area contributed by atoms with E-state index in [2.05, 4.69) is 21.8 Å². The van der Waals surface area contributed by atoms with Crippen LogP contribution < -0.4 is 10.6 Å². The minimum absolute atomic E-state index is 0.106. The molecule has 0 aromatic heterocycles. The normalized spacial score (nSPS) is 21.8. The quantitative estimate of drug-likeness (QED) is 0.385. The second-order valence-corrected chi connectivity index (χ2v) is 12.6. The van der Waals surface area contributed by atoms with E-state index in [0.717, 1.165) is 22.4 Å². The summed E-state index contributed by atoms with van der Waals surface area (Å²) in [5.41, 5.74) is 3.94. The van der Waals surface area contributed by atoms with E-state index >= 15 is 0 Å². The van der Waals surface area contributed by atoms with Crippen LogP contribution in [0.3, 0.4) is 0 Å². The molecule has 0 aliphatic carbocycles. The Morgan fingerprint density at radius 1 is 1.00 bits per heavy atom. The fraction of sp³-hybridized carbons (Fsp3) is 0.353. The lowest BCUT2D eigenvalue weighted by atomic mass is 9.73. The lowest BCUT2D eigenvalue weighted by molar-refractivity contribution is -0.142. The first-order valence-corrected chi connectivity index (χ1v) is 15.8. The topological polar surface area (TPSA) is 94.1 Å². The standard InChI is InChI=1S/C34H35Cl2N5O3/c1-2-41-33(44)34(19-23-9-13-27(36)14-10-23)21-40(16-15-30(34)39-41)32(43)29(17-22-7-11-26(35)12-8-22)38-31(42)28-18-24-5-3-4-6-25(24)20-37-28/h3-14,28-29,37H,2,15-21H2,1H3,(H,38,42). The van der Waals surface area contributed by atoms with Gasteiger partial charge in [0, 0.05) is 49.1 Å². The summed E-state index contributed by atoms with van der Waals surface area (Å²) in [4.78, 5) is 43.6. The fourth-order valence-electron chi connectivity index (χ4n) is 6.53. The van der Waals surface area contributed by atoms with Gasteiger partial charge in [0.1, 0.15) is 11.5 Å². The number of fused-ring (bicyclic) bond motifs is 2. The summed E-state index contributed by atoms with van der Waals surface area (Å²) in [6.45, 7) is 3.53. The molecule has 3 aliphatic rings. The molecule has 1 fully saturated rings. The minimum atomic E-state index is -0.971. The van der Waals surface area contributed by atoms with Crippen molar-refractivity contribution in [3.63, 3.8) is 0 Å². The Kier molecular flexibility index (Phi) is 8.76. The molecule has 0 spiro atoms. The number of hydrogen-bond donors (Lipinski definition) is 2. The zero-order chi connectivity index (χ0) is 30.8. The number of hydrazone groups is 1. The van der Waals surface area contributed by atoms with Crippen molar-refractivity contribution in [1.29, 1.82) is 0 Å². The maximum Gasteiger partial charge on any atom is 0.256 e. The molecular formula is C34H35Cl2N5O3. The fourth-order valence-corrected chi connectivity index (χ4v) is 6.78. The molecule has 3 heterocycles. The van der Waals surface area contributed by atoms with Gasteiger partial charge in [-0.2, -0.15) is 5.10 Å². The first-order valence-electron chi connectivity index (χ1n) is 15.0. The minimum Gasteiger partial charge on any atom is -0.343 e. The summed E-state index contributed by atoms with van der Waals surface area (Å²) in [5, 5.41) is 13.8. The molecule has 6 rings (SSSR count). The van der Waals surface area contributed by atoms with Crippen LogP contribution in [0.25, 0.3) is 0 Å². The van der Waals surface area contributed by atoms with Crippen molar-refractivity contribution >= 4 is 46.6 Å². The smallest absolute Gasteiger partial charge is 0.256 e. The summed E-state index contributed by atoms with van der Waals surface area (Å²) in [6, 6.07) is 21.5. The number of amides is 3. The molecule has 228 valence electrons. The van der Waals surface area contributed by atoms with Crippen LogP contribution in [0.15, 0.2) is 77.9 Å². The van der Waals surface area contributed by atoms with Crippen LogP contribution in [0.5, 0.6) is 0 Å². The number of likely N-dealkylation sites (tertiary alicyclic amines) is 1. The Balaban J connectivity index is 1.26. The molecule has 10 heteroatoms. The van der Waals surface area contributed by atoms with Crippen LogP contribution in [0, 0.1) is 5.41 Å². The molecule has 3 amide bonds. The van der Waals surface area contributed by atoms with Crippen LogP contribution in [-0.2, 0) is 40.2 Å². The third-order valence-corrected chi connectivity index (χ3v) is 9.42. The summed E-state index contributed by atoms with van der Waals surface area (Å²) in [5.74, 6) is -0.552. The van der Waals surface area contributed by atoms with E-state index in [-0.39, 0.29) is 24.3 Å². The maximum atomic E-state index is 14.4. The van der Waals surface area contributed by atoms with Crippen molar-refractivity contribution < 1.29 is 14.4 Å². The maximum absolute atomic E-state index is 14.4. The second-order valence-electron chi connectivity index (χ2n) is 11.8. The Bertz CT molecular complexity index is 1590. The van der Waals surface area contributed by atoms with Crippen molar-refractivity contribution in [1.82, 2.24) is 20.5 Å². The molecule has 44 heavy (non-hydrogen) atoms.